The van der Waals surface area contributed by atoms with E-state index in [1.807, 2.05) is 0 Å². The monoisotopic (exact) mass is 134 g/mol. The first-order chi connectivity index (χ1) is 4.13. The number of hydrogen-bond acceptors (Lipinski definition) is 4. The van der Waals surface area contributed by atoms with Gasteiger partial charge in [0.2, 0.25) is 0 Å². The molecule has 0 unspecified atom stereocenters. The van der Waals surface area contributed by atoms with Crippen molar-refractivity contribution in [1.29, 1.82) is 0 Å². The minimum absolute atomic E-state index is 0.0579. The van der Waals surface area contributed by atoms with Crippen LogP contribution in [0.4, 0.5) is 0 Å². The van der Waals surface area contributed by atoms with Crippen molar-refractivity contribution < 1.29 is 20.4 Å². The van der Waals surface area contributed by atoms with Crippen LogP contribution in [0.3, 0.4) is 0 Å². The lowest BCUT2D eigenvalue weighted by atomic mass is 10.2. The van der Waals surface area contributed by atoms with Gasteiger partial charge < -0.3 is 20.4 Å². The van der Waals surface area contributed by atoms with Gasteiger partial charge in [-0.25, -0.2) is 0 Å². The molecule has 0 aliphatic heterocycles. The number of rotatable bonds is 0. The molecule has 4 N–H and O–H groups in total. The third-order valence-corrected chi connectivity index (χ3v) is 1.62. The molecule has 0 aromatic rings. The van der Waals surface area contributed by atoms with Crippen molar-refractivity contribution in [3.8, 4) is 0 Å². The molecule has 9 heavy (non-hydrogen) atoms. The third kappa shape index (κ3) is 1.07. The van der Waals surface area contributed by atoms with Crippen molar-refractivity contribution >= 4 is 0 Å². The predicted octanol–water partition coefficient (Wildman–Crippen LogP) is -2.17. The molecule has 0 radical (unpaired) electrons. The molecular formula is C5H10O4. The van der Waals surface area contributed by atoms with Crippen molar-refractivity contribution in [2.75, 3.05) is 0 Å². The molecule has 4 atom stereocenters. The van der Waals surface area contributed by atoms with Crippen LogP contribution in [0.5, 0.6) is 0 Å². The van der Waals surface area contributed by atoms with Gasteiger partial charge in [-0.15, -0.1) is 0 Å². The van der Waals surface area contributed by atoms with Gasteiger partial charge in [0, 0.05) is 6.42 Å². The molecule has 4 nitrogen and oxygen atoms in total. The summed E-state index contributed by atoms with van der Waals surface area (Å²) in [5, 5.41) is 35.1. The van der Waals surface area contributed by atoms with Gasteiger partial charge in [0.15, 0.2) is 0 Å². The first kappa shape index (κ1) is 6.95. The van der Waals surface area contributed by atoms with E-state index in [9.17, 15) is 0 Å². The largest absolute Gasteiger partial charge is 0.390 e. The van der Waals surface area contributed by atoms with E-state index >= 15 is 0 Å². The summed E-state index contributed by atoms with van der Waals surface area (Å²) in [5.74, 6) is 0. The fourth-order valence-corrected chi connectivity index (χ4v) is 0.981. The maximum absolute atomic E-state index is 8.78. The molecule has 0 amide bonds. The van der Waals surface area contributed by atoms with E-state index in [-0.39, 0.29) is 6.42 Å². The van der Waals surface area contributed by atoms with Crippen molar-refractivity contribution in [2.24, 2.45) is 0 Å². The van der Waals surface area contributed by atoms with Crippen molar-refractivity contribution in [3.05, 3.63) is 0 Å². The first-order valence-electron chi connectivity index (χ1n) is 2.85. The highest BCUT2D eigenvalue weighted by Gasteiger charge is 2.39. The highest BCUT2D eigenvalue weighted by molar-refractivity contribution is 4.90. The molecule has 0 aromatic heterocycles. The summed E-state index contributed by atoms with van der Waals surface area (Å²) in [4.78, 5) is 0. The third-order valence-electron chi connectivity index (χ3n) is 1.62. The van der Waals surface area contributed by atoms with E-state index in [1.54, 1.807) is 0 Å². The smallest absolute Gasteiger partial charge is 0.108 e. The normalized spacial score (nSPS) is 52.0. The second kappa shape index (κ2) is 2.22. The van der Waals surface area contributed by atoms with Gasteiger partial charge in [-0.05, 0) is 0 Å². The molecule has 0 bridgehead atoms. The molecular weight excluding hydrogens is 124 g/mol. The Bertz CT molecular complexity index is 93.1. The number of hydrogen-bond donors (Lipinski definition) is 4. The molecule has 1 aliphatic carbocycles. The lowest BCUT2D eigenvalue weighted by Crippen LogP contribution is -2.32. The Labute approximate surface area is 52.4 Å². The number of aliphatic hydroxyl groups excluding tert-OH is 4. The van der Waals surface area contributed by atoms with Gasteiger partial charge >= 0.3 is 0 Å². The average molecular weight is 134 g/mol. The van der Waals surface area contributed by atoms with E-state index in [1.165, 1.54) is 0 Å². The molecule has 1 fully saturated rings. The Morgan fingerprint density at radius 2 is 1.11 bits per heavy atom. The topological polar surface area (TPSA) is 80.9 Å². The molecule has 0 aromatic carbocycles. The maximum Gasteiger partial charge on any atom is 0.108 e. The van der Waals surface area contributed by atoms with Crippen LogP contribution in [0.2, 0.25) is 0 Å². The Kier molecular flexibility index (Phi) is 1.72. The van der Waals surface area contributed by atoms with Gasteiger partial charge in [0.25, 0.3) is 0 Å². The summed E-state index contributed by atoms with van der Waals surface area (Å²) >= 11 is 0. The van der Waals surface area contributed by atoms with E-state index in [0.29, 0.717) is 0 Å². The first-order valence-corrected chi connectivity index (χ1v) is 2.85. The summed E-state index contributed by atoms with van der Waals surface area (Å²) in [5.41, 5.74) is 0. The zero-order chi connectivity index (χ0) is 7.02. The lowest BCUT2D eigenvalue weighted by molar-refractivity contribution is -0.0413. The Hall–Kier alpha value is -0.160. The maximum atomic E-state index is 8.78. The van der Waals surface area contributed by atoms with E-state index in [4.69, 9.17) is 20.4 Å². The van der Waals surface area contributed by atoms with E-state index in [0.717, 1.165) is 0 Å². The fourth-order valence-electron chi connectivity index (χ4n) is 0.981. The Morgan fingerprint density at radius 3 is 1.22 bits per heavy atom. The summed E-state index contributed by atoms with van der Waals surface area (Å²) < 4.78 is 0. The van der Waals surface area contributed by atoms with Gasteiger partial charge in [-0.2, -0.15) is 0 Å². The lowest BCUT2D eigenvalue weighted by Gasteiger charge is -2.10. The van der Waals surface area contributed by atoms with Gasteiger partial charge in [0.1, 0.15) is 12.2 Å². The number of aliphatic hydroxyl groups is 4. The molecule has 4 heteroatoms. The zero-order valence-corrected chi connectivity index (χ0v) is 4.81. The Balaban J connectivity index is 2.54. The predicted molar refractivity (Wildman–Crippen MR) is 28.6 cm³/mol. The summed E-state index contributed by atoms with van der Waals surface area (Å²) in [6, 6.07) is 0. The minimum Gasteiger partial charge on any atom is -0.390 e. The molecule has 54 valence electrons. The van der Waals surface area contributed by atoms with E-state index in [2.05, 4.69) is 0 Å². The summed E-state index contributed by atoms with van der Waals surface area (Å²) in [7, 11) is 0. The van der Waals surface area contributed by atoms with Crippen LogP contribution in [0.15, 0.2) is 0 Å². The van der Waals surface area contributed by atoms with Crippen molar-refractivity contribution in [2.45, 2.75) is 30.8 Å². The summed E-state index contributed by atoms with van der Waals surface area (Å²) in [6.07, 6.45) is -4.26. The fraction of sp³-hybridized carbons (Fsp3) is 1.00. The molecule has 1 aliphatic rings. The van der Waals surface area contributed by atoms with Crippen LogP contribution < -0.4 is 0 Å². The molecule has 1 saturated carbocycles. The van der Waals surface area contributed by atoms with Gasteiger partial charge in [0.05, 0.1) is 12.2 Å². The second-order valence-electron chi connectivity index (χ2n) is 2.35. The zero-order valence-electron chi connectivity index (χ0n) is 4.81. The van der Waals surface area contributed by atoms with E-state index < -0.39 is 24.4 Å². The molecule has 1 rings (SSSR count). The van der Waals surface area contributed by atoms with Crippen molar-refractivity contribution in [1.82, 2.24) is 0 Å². The molecule has 0 heterocycles. The quantitative estimate of drug-likeness (QED) is 0.304. The second-order valence-corrected chi connectivity index (χ2v) is 2.35. The van der Waals surface area contributed by atoms with Crippen LogP contribution in [0, 0.1) is 0 Å². The highest BCUT2D eigenvalue weighted by atomic mass is 16.4. The molecule has 0 saturated heterocycles. The van der Waals surface area contributed by atoms with Crippen LogP contribution in [0.1, 0.15) is 6.42 Å². The van der Waals surface area contributed by atoms with Gasteiger partial charge in [-0.1, -0.05) is 0 Å². The van der Waals surface area contributed by atoms with Crippen LogP contribution >= 0.6 is 0 Å². The average Bonchev–Trinajstić information content (AvgIpc) is 1.98. The summed E-state index contributed by atoms with van der Waals surface area (Å²) in [6.45, 7) is 0. The molecule has 0 spiro atoms. The minimum atomic E-state index is -1.18. The van der Waals surface area contributed by atoms with Gasteiger partial charge in [-0.3, -0.25) is 0 Å². The standard InChI is InChI=1S/C5H10O4/c6-2-1-3(7)5(9)4(2)8/h2-9H,1H2/t2-,3+,4-,5-/m1/s1. The van der Waals surface area contributed by atoms with Crippen LogP contribution in [-0.2, 0) is 0 Å². The highest BCUT2D eigenvalue weighted by Crippen LogP contribution is 2.19. The van der Waals surface area contributed by atoms with Crippen molar-refractivity contribution in [3.63, 3.8) is 0 Å². The Morgan fingerprint density at radius 1 is 0.778 bits per heavy atom. The van der Waals surface area contributed by atoms with Crippen LogP contribution in [0.25, 0.3) is 0 Å². The van der Waals surface area contributed by atoms with Crippen LogP contribution in [-0.4, -0.2) is 44.8 Å². The SMILES string of the molecule is O[C@H]1[C@H](O)[C@@H](O)C[C@H]1O.